The molecule has 0 aliphatic rings. The van der Waals surface area contributed by atoms with Gasteiger partial charge >= 0.3 is 0 Å². The molecule has 2 heterocycles. The molecule has 0 spiro atoms. The number of hydrogen-bond acceptors (Lipinski definition) is 6. The molecule has 0 unspecified atom stereocenters. The molecule has 8 heteroatoms. The van der Waals surface area contributed by atoms with E-state index in [1.54, 1.807) is 6.07 Å². The molecule has 0 fully saturated rings. The quantitative estimate of drug-likeness (QED) is 0.816. The molecule has 1 N–H and O–H groups in total. The second-order valence-corrected chi connectivity index (χ2v) is 5.48. The van der Waals surface area contributed by atoms with Crippen LogP contribution in [0, 0.1) is 0 Å². The van der Waals surface area contributed by atoms with Gasteiger partial charge in [0.25, 0.3) is 0 Å². The summed E-state index contributed by atoms with van der Waals surface area (Å²) < 4.78 is 24.6. The van der Waals surface area contributed by atoms with Crippen molar-refractivity contribution in [3.05, 3.63) is 48.2 Å². The molecule has 0 aliphatic heterocycles. The standard InChI is InChI=1S/C11H10N4O3S/c1-19(17,18)15-11-9(3-2-4-14-11)10(16)8-5-12-7-13-6-8/h2-7H,1H3,(H,14,15). The highest BCUT2D eigenvalue weighted by atomic mass is 32.2. The van der Waals surface area contributed by atoms with Crippen molar-refractivity contribution in [1.29, 1.82) is 0 Å². The first kappa shape index (κ1) is 13.1. The van der Waals surface area contributed by atoms with Gasteiger partial charge in [0.1, 0.15) is 6.33 Å². The zero-order valence-corrected chi connectivity index (χ0v) is 10.8. The lowest BCUT2D eigenvalue weighted by atomic mass is 10.1. The van der Waals surface area contributed by atoms with Crippen molar-refractivity contribution < 1.29 is 13.2 Å². The molecule has 2 rings (SSSR count). The highest BCUT2D eigenvalue weighted by molar-refractivity contribution is 7.92. The molecule has 0 aromatic carbocycles. The number of anilines is 1. The van der Waals surface area contributed by atoms with Crippen molar-refractivity contribution in [2.24, 2.45) is 0 Å². The summed E-state index contributed by atoms with van der Waals surface area (Å²) in [6.45, 7) is 0. The predicted molar refractivity (Wildman–Crippen MR) is 68.2 cm³/mol. The van der Waals surface area contributed by atoms with Gasteiger partial charge in [-0.1, -0.05) is 0 Å². The summed E-state index contributed by atoms with van der Waals surface area (Å²) in [4.78, 5) is 23.5. The van der Waals surface area contributed by atoms with Crippen LogP contribution in [0.1, 0.15) is 15.9 Å². The molecule has 0 bridgehead atoms. The highest BCUT2D eigenvalue weighted by Crippen LogP contribution is 2.16. The molecule has 0 aliphatic carbocycles. The average molecular weight is 278 g/mol. The Hall–Kier alpha value is -2.35. The zero-order valence-electron chi connectivity index (χ0n) is 9.94. The van der Waals surface area contributed by atoms with Crippen molar-refractivity contribution >= 4 is 21.6 Å². The van der Waals surface area contributed by atoms with Gasteiger partial charge in [0, 0.05) is 18.6 Å². The first-order valence-corrected chi connectivity index (χ1v) is 7.09. The molecule has 0 saturated heterocycles. The molecule has 98 valence electrons. The number of carbonyl (C=O) groups is 1. The lowest BCUT2D eigenvalue weighted by Gasteiger charge is -2.07. The van der Waals surface area contributed by atoms with Crippen LogP contribution in [0.25, 0.3) is 0 Å². The molecule has 19 heavy (non-hydrogen) atoms. The molecule has 2 aromatic rings. The van der Waals surface area contributed by atoms with Crippen molar-refractivity contribution in [1.82, 2.24) is 15.0 Å². The Balaban J connectivity index is 2.43. The maximum absolute atomic E-state index is 12.2. The first-order chi connectivity index (χ1) is 8.97. The van der Waals surface area contributed by atoms with E-state index < -0.39 is 15.8 Å². The molecular formula is C11H10N4O3S. The Bertz CT molecular complexity index is 701. The van der Waals surface area contributed by atoms with E-state index in [-0.39, 0.29) is 16.9 Å². The van der Waals surface area contributed by atoms with Gasteiger partial charge in [0.15, 0.2) is 11.6 Å². The van der Waals surface area contributed by atoms with E-state index in [1.165, 1.54) is 31.0 Å². The lowest BCUT2D eigenvalue weighted by Crippen LogP contribution is -2.15. The van der Waals surface area contributed by atoms with Gasteiger partial charge in [-0.15, -0.1) is 0 Å². The number of pyridine rings is 1. The van der Waals surface area contributed by atoms with Crippen LogP contribution in [-0.2, 0) is 10.0 Å². The van der Waals surface area contributed by atoms with Crippen LogP contribution in [0.2, 0.25) is 0 Å². The van der Waals surface area contributed by atoms with Gasteiger partial charge in [-0.05, 0) is 12.1 Å². The average Bonchev–Trinajstić information content (AvgIpc) is 2.38. The van der Waals surface area contributed by atoms with Gasteiger partial charge in [-0.3, -0.25) is 9.52 Å². The predicted octanol–water partition coefficient (Wildman–Crippen LogP) is 0.474. The summed E-state index contributed by atoms with van der Waals surface area (Å²) in [5.41, 5.74) is 0.398. The summed E-state index contributed by atoms with van der Waals surface area (Å²) in [7, 11) is -3.51. The summed E-state index contributed by atoms with van der Waals surface area (Å²) in [6.07, 6.45) is 6.39. The highest BCUT2D eigenvalue weighted by Gasteiger charge is 2.16. The zero-order chi connectivity index (χ0) is 13.9. The van der Waals surface area contributed by atoms with Crippen LogP contribution in [0.15, 0.2) is 37.1 Å². The number of sulfonamides is 1. The SMILES string of the molecule is CS(=O)(=O)Nc1ncccc1C(=O)c1cncnc1. The summed E-state index contributed by atoms with van der Waals surface area (Å²) in [6, 6.07) is 3.03. The van der Waals surface area contributed by atoms with Gasteiger partial charge in [0.2, 0.25) is 10.0 Å². The molecule has 0 atom stereocenters. The largest absolute Gasteiger partial charge is 0.288 e. The van der Waals surface area contributed by atoms with E-state index in [2.05, 4.69) is 19.7 Å². The number of aromatic nitrogens is 3. The molecule has 7 nitrogen and oxygen atoms in total. The Morgan fingerprint density at radius 1 is 1.26 bits per heavy atom. The van der Waals surface area contributed by atoms with Crippen LogP contribution in [-0.4, -0.2) is 35.4 Å². The number of carbonyl (C=O) groups excluding carboxylic acids is 1. The van der Waals surface area contributed by atoms with E-state index in [1.807, 2.05) is 0 Å². The maximum atomic E-state index is 12.2. The summed E-state index contributed by atoms with van der Waals surface area (Å²) >= 11 is 0. The lowest BCUT2D eigenvalue weighted by molar-refractivity contribution is 0.103. The van der Waals surface area contributed by atoms with Crippen LogP contribution >= 0.6 is 0 Å². The van der Waals surface area contributed by atoms with Gasteiger partial charge in [0.05, 0.1) is 17.4 Å². The molecular weight excluding hydrogens is 268 g/mol. The number of ketones is 1. The van der Waals surface area contributed by atoms with E-state index in [0.29, 0.717) is 0 Å². The Morgan fingerprint density at radius 2 is 1.95 bits per heavy atom. The van der Waals surface area contributed by atoms with Gasteiger partial charge < -0.3 is 0 Å². The fourth-order valence-corrected chi connectivity index (χ4v) is 1.93. The smallest absolute Gasteiger partial charge is 0.230 e. The minimum atomic E-state index is -3.51. The van der Waals surface area contributed by atoms with Crippen molar-refractivity contribution in [2.75, 3.05) is 11.0 Å². The number of nitrogens with zero attached hydrogens (tertiary/aromatic N) is 3. The normalized spacial score (nSPS) is 11.0. The van der Waals surface area contributed by atoms with E-state index >= 15 is 0 Å². The number of nitrogens with one attached hydrogen (secondary N) is 1. The Morgan fingerprint density at radius 3 is 2.58 bits per heavy atom. The van der Waals surface area contributed by atoms with Gasteiger partial charge in [-0.2, -0.15) is 0 Å². The molecule has 0 amide bonds. The van der Waals surface area contributed by atoms with Crippen LogP contribution in [0.5, 0.6) is 0 Å². The van der Waals surface area contributed by atoms with Crippen LogP contribution in [0.4, 0.5) is 5.82 Å². The topological polar surface area (TPSA) is 102 Å². The number of rotatable bonds is 4. The first-order valence-electron chi connectivity index (χ1n) is 5.20. The van der Waals surface area contributed by atoms with E-state index in [4.69, 9.17) is 0 Å². The van der Waals surface area contributed by atoms with Crippen molar-refractivity contribution in [3.63, 3.8) is 0 Å². The van der Waals surface area contributed by atoms with E-state index in [9.17, 15) is 13.2 Å². The van der Waals surface area contributed by atoms with Crippen molar-refractivity contribution in [2.45, 2.75) is 0 Å². The van der Waals surface area contributed by atoms with Crippen LogP contribution < -0.4 is 4.72 Å². The Kier molecular flexibility index (Phi) is 3.52. The van der Waals surface area contributed by atoms with Gasteiger partial charge in [-0.25, -0.2) is 23.4 Å². The second-order valence-electron chi connectivity index (χ2n) is 3.73. The fraction of sp³-hybridized carbons (Fsp3) is 0.0909. The Labute approximate surface area is 109 Å². The monoisotopic (exact) mass is 278 g/mol. The van der Waals surface area contributed by atoms with E-state index in [0.717, 1.165) is 6.26 Å². The minimum Gasteiger partial charge on any atom is -0.288 e. The second kappa shape index (κ2) is 5.11. The third-order valence-corrected chi connectivity index (χ3v) is 2.72. The third kappa shape index (κ3) is 3.32. The number of hydrogen-bond donors (Lipinski definition) is 1. The fourth-order valence-electron chi connectivity index (χ4n) is 1.42. The molecule has 2 aromatic heterocycles. The third-order valence-electron chi connectivity index (χ3n) is 2.16. The van der Waals surface area contributed by atoms with Crippen LogP contribution in [0.3, 0.4) is 0 Å². The summed E-state index contributed by atoms with van der Waals surface area (Å²) in [5.74, 6) is -0.418. The minimum absolute atomic E-state index is 0.0150. The molecule has 0 radical (unpaired) electrons. The summed E-state index contributed by atoms with van der Waals surface area (Å²) in [5, 5.41) is 0. The maximum Gasteiger partial charge on any atom is 0.230 e. The molecule has 0 saturated carbocycles. The van der Waals surface area contributed by atoms with Crippen molar-refractivity contribution in [3.8, 4) is 0 Å².